The summed E-state index contributed by atoms with van der Waals surface area (Å²) in [5.41, 5.74) is 2.41. The second-order valence-corrected chi connectivity index (χ2v) is 3.47. The van der Waals surface area contributed by atoms with Crippen LogP contribution in [-0.4, -0.2) is 22.9 Å². The normalized spacial score (nSPS) is 10.1. The highest BCUT2D eigenvalue weighted by Crippen LogP contribution is 2.21. The van der Waals surface area contributed by atoms with Crippen LogP contribution in [0.25, 0.3) is 5.69 Å². The fourth-order valence-electron chi connectivity index (χ4n) is 1.52. The number of hydrogen-bond donors (Lipinski definition) is 0. The first-order valence-electron chi connectivity index (χ1n) is 4.89. The third-order valence-electron chi connectivity index (χ3n) is 2.35. The van der Waals surface area contributed by atoms with Gasteiger partial charge in [-0.1, -0.05) is 0 Å². The van der Waals surface area contributed by atoms with Gasteiger partial charge in [0.1, 0.15) is 5.75 Å². The van der Waals surface area contributed by atoms with Crippen molar-refractivity contribution in [3.63, 3.8) is 0 Å². The van der Waals surface area contributed by atoms with Gasteiger partial charge in [0.05, 0.1) is 30.4 Å². The minimum atomic E-state index is 0.545. The van der Waals surface area contributed by atoms with E-state index in [0.29, 0.717) is 11.3 Å². The Hall–Kier alpha value is -2.10. The van der Waals surface area contributed by atoms with Crippen LogP contribution in [0.1, 0.15) is 16.1 Å². The molecule has 0 atom stereocenters. The molecule has 0 saturated heterocycles. The second-order valence-electron chi connectivity index (χ2n) is 3.47. The molecule has 0 saturated carbocycles. The summed E-state index contributed by atoms with van der Waals surface area (Å²) in [7, 11) is 1.55. The maximum atomic E-state index is 10.7. The van der Waals surface area contributed by atoms with E-state index < -0.39 is 0 Å². The Labute approximate surface area is 93.5 Å². The molecule has 0 amide bonds. The largest absolute Gasteiger partial charge is 0.496 e. The molecule has 0 fully saturated rings. The Balaban J connectivity index is 2.47. The number of rotatable bonds is 3. The predicted molar refractivity (Wildman–Crippen MR) is 60.2 cm³/mol. The number of carbonyl (C=O) groups excluding carboxylic acids is 1. The molecule has 0 spiro atoms. The Kier molecular flexibility index (Phi) is 2.72. The summed E-state index contributed by atoms with van der Waals surface area (Å²) in [6.07, 6.45) is 4.42. The molecule has 0 unspecified atom stereocenters. The number of nitrogens with zero attached hydrogens (tertiary/aromatic N) is 2. The van der Waals surface area contributed by atoms with Gasteiger partial charge in [-0.2, -0.15) is 0 Å². The van der Waals surface area contributed by atoms with Crippen molar-refractivity contribution < 1.29 is 9.53 Å². The molecule has 0 aliphatic carbocycles. The van der Waals surface area contributed by atoms with Crippen molar-refractivity contribution in [3.8, 4) is 11.4 Å². The zero-order valence-corrected chi connectivity index (χ0v) is 9.18. The van der Waals surface area contributed by atoms with Crippen LogP contribution in [0.2, 0.25) is 0 Å². The highest BCUT2D eigenvalue weighted by molar-refractivity contribution is 5.80. The summed E-state index contributed by atoms with van der Waals surface area (Å²) in [6, 6.07) is 5.40. The Morgan fingerprint density at radius 3 is 2.81 bits per heavy atom. The van der Waals surface area contributed by atoms with Crippen molar-refractivity contribution >= 4 is 6.29 Å². The summed E-state index contributed by atoms with van der Waals surface area (Å²) < 4.78 is 7.02. The molecule has 2 rings (SSSR count). The number of imidazole rings is 1. The number of aryl methyl sites for hydroxylation is 1. The van der Waals surface area contributed by atoms with E-state index in [-0.39, 0.29) is 0 Å². The molecule has 0 bridgehead atoms. The van der Waals surface area contributed by atoms with E-state index in [4.69, 9.17) is 4.74 Å². The van der Waals surface area contributed by atoms with Crippen LogP contribution in [0.5, 0.6) is 5.75 Å². The molecule has 0 aliphatic rings. The third kappa shape index (κ3) is 1.82. The lowest BCUT2D eigenvalue weighted by molar-refractivity contribution is 0.112. The minimum absolute atomic E-state index is 0.545. The van der Waals surface area contributed by atoms with Gasteiger partial charge in [-0.05, 0) is 19.1 Å². The van der Waals surface area contributed by atoms with Gasteiger partial charge in [-0.3, -0.25) is 4.79 Å². The molecule has 16 heavy (non-hydrogen) atoms. The fraction of sp³-hybridized carbons (Fsp3) is 0.167. The van der Waals surface area contributed by atoms with Crippen molar-refractivity contribution in [3.05, 3.63) is 42.0 Å². The van der Waals surface area contributed by atoms with Crippen LogP contribution in [-0.2, 0) is 0 Å². The summed E-state index contributed by atoms with van der Waals surface area (Å²) in [5.74, 6) is 0.568. The van der Waals surface area contributed by atoms with E-state index >= 15 is 0 Å². The van der Waals surface area contributed by atoms with Crippen molar-refractivity contribution in [2.45, 2.75) is 6.92 Å². The maximum Gasteiger partial charge on any atom is 0.153 e. The number of methoxy groups -OCH3 is 1. The molecular weight excluding hydrogens is 204 g/mol. The summed E-state index contributed by atoms with van der Waals surface area (Å²) in [5, 5.41) is 0. The molecule has 4 nitrogen and oxygen atoms in total. The highest BCUT2D eigenvalue weighted by atomic mass is 16.5. The maximum absolute atomic E-state index is 10.7. The number of aromatic nitrogens is 2. The standard InChI is InChI=1S/C12H12N2O2/c1-9-6-14(8-13-9)11-4-3-10(7-15)12(5-11)16-2/h3-8H,1-2H3. The van der Waals surface area contributed by atoms with Gasteiger partial charge >= 0.3 is 0 Å². The monoisotopic (exact) mass is 216 g/mol. The summed E-state index contributed by atoms with van der Waals surface area (Å²) in [4.78, 5) is 14.9. The van der Waals surface area contributed by atoms with Gasteiger partial charge in [0.15, 0.2) is 6.29 Å². The van der Waals surface area contributed by atoms with Crippen LogP contribution in [0.4, 0.5) is 0 Å². The van der Waals surface area contributed by atoms with E-state index in [0.717, 1.165) is 17.7 Å². The van der Waals surface area contributed by atoms with Crippen LogP contribution >= 0.6 is 0 Å². The molecule has 1 aromatic carbocycles. The first kappa shape index (κ1) is 10.4. The van der Waals surface area contributed by atoms with Crippen molar-refractivity contribution in [2.24, 2.45) is 0 Å². The van der Waals surface area contributed by atoms with Crippen LogP contribution in [0.15, 0.2) is 30.7 Å². The quantitative estimate of drug-likeness (QED) is 0.737. The molecular formula is C12H12N2O2. The van der Waals surface area contributed by atoms with Crippen molar-refractivity contribution in [1.82, 2.24) is 9.55 Å². The molecule has 1 heterocycles. The fourth-order valence-corrected chi connectivity index (χ4v) is 1.52. The molecule has 0 radical (unpaired) electrons. The SMILES string of the molecule is COc1cc(-n2cnc(C)c2)ccc1C=O. The molecule has 0 N–H and O–H groups in total. The van der Waals surface area contributed by atoms with Gasteiger partial charge < -0.3 is 9.30 Å². The average Bonchev–Trinajstić information content (AvgIpc) is 2.75. The number of ether oxygens (including phenoxy) is 1. The van der Waals surface area contributed by atoms with Crippen molar-refractivity contribution in [1.29, 1.82) is 0 Å². The van der Waals surface area contributed by atoms with Crippen LogP contribution in [0.3, 0.4) is 0 Å². The number of benzene rings is 1. The first-order valence-corrected chi connectivity index (χ1v) is 4.89. The lowest BCUT2D eigenvalue weighted by Gasteiger charge is -2.07. The smallest absolute Gasteiger partial charge is 0.153 e. The Bertz CT molecular complexity index is 517. The second kappa shape index (κ2) is 4.18. The van der Waals surface area contributed by atoms with E-state index in [1.165, 1.54) is 0 Å². The topological polar surface area (TPSA) is 44.1 Å². The van der Waals surface area contributed by atoms with Gasteiger partial charge in [0.2, 0.25) is 0 Å². The summed E-state index contributed by atoms with van der Waals surface area (Å²) in [6.45, 7) is 1.92. The lowest BCUT2D eigenvalue weighted by Crippen LogP contribution is -1.95. The van der Waals surface area contributed by atoms with Gasteiger partial charge in [-0.25, -0.2) is 4.98 Å². The number of carbonyl (C=O) groups is 1. The van der Waals surface area contributed by atoms with Crippen LogP contribution < -0.4 is 4.74 Å². The molecule has 1 aromatic heterocycles. The minimum Gasteiger partial charge on any atom is -0.496 e. The van der Waals surface area contributed by atoms with Gasteiger partial charge in [0.25, 0.3) is 0 Å². The Morgan fingerprint density at radius 2 is 2.25 bits per heavy atom. The van der Waals surface area contributed by atoms with Crippen LogP contribution in [0, 0.1) is 6.92 Å². The third-order valence-corrected chi connectivity index (χ3v) is 2.35. The lowest BCUT2D eigenvalue weighted by atomic mass is 10.2. The van der Waals surface area contributed by atoms with E-state index in [9.17, 15) is 4.79 Å². The van der Waals surface area contributed by atoms with Gasteiger partial charge in [-0.15, -0.1) is 0 Å². The van der Waals surface area contributed by atoms with Gasteiger partial charge in [0, 0.05) is 12.3 Å². The molecule has 82 valence electrons. The average molecular weight is 216 g/mol. The zero-order chi connectivity index (χ0) is 11.5. The van der Waals surface area contributed by atoms with E-state index in [2.05, 4.69) is 4.98 Å². The number of aldehydes is 1. The molecule has 4 heteroatoms. The highest BCUT2D eigenvalue weighted by Gasteiger charge is 2.04. The van der Waals surface area contributed by atoms with E-state index in [1.54, 1.807) is 19.5 Å². The molecule has 2 aromatic rings. The number of hydrogen-bond acceptors (Lipinski definition) is 3. The molecule has 0 aliphatic heterocycles. The Morgan fingerprint density at radius 1 is 1.44 bits per heavy atom. The van der Waals surface area contributed by atoms with E-state index in [1.807, 2.05) is 29.8 Å². The zero-order valence-electron chi connectivity index (χ0n) is 9.18. The predicted octanol–water partition coefficient (Wildman–Crippen LogP) is 2.00. The summed E-state index contributed by atoms with van der Waals surface area (Å²) >= 11 is 0. The van der Waals surface area contributed by atoms with Crippen molar-refractivity contribution in [2.75, 3.05) is 7.11 Å². The first-order chi connectivity index (χ1) is 7.74.